The fraction of sp³-hybridized carbons (Fsp3) is 0.538. The molecule has 3 nitrogen and oxygen atoms in total. The van der Waals surface area contributed by atoms with E-state index in [1.165, 1.54) is 0 Å². The number of carbonyl (C=O) groups is 1. The SMILES string of the molecule is CCC(C)CN(C)c1ncc(C=O)cc1C. The number of aryl methyl sites for hydroxylation is 1. The van der Waals surface area contributed by atoms with Gasteiger partial charge in [0.05, 0.1) is 0 Å². The van der Waals surface area contributed by atoms with Gasteiger partial charge >= 0.3 is 0 Å². The number of aldehydes is 1. The Balaban J connectivity index is 2.83. The summed E-state index contributed by atoms with van der Waals surface area (Å²) >= 11 is 0. The molecule has 0 aliphatic rings. The highest BCUT2D eigenvalue weighted by molar-refractivity contribution is 5.75. The zero-order valence-electron chi connectivity index (χ0n) is 10.5. The fourth-order valence-corrected chi connectivity index (χ4v) is 1.74. The van der Waals surface area contributed by atoms with Crippen LogP contribution < -0.4 is 4.90 Å². The van der Waals surface area contributed by atoms with E-state index < -0.39 is 0 Å². The Morgan fingerprint density at radius 2 is 2.25 bits per heavy atom. The van der Waals surface area contributed by atoms with Gasteiger partial charge in [-0.2, -0.15) is 0 Å². The lowest BCUT2D eigenvalue weighted by atomic mass is 10.1. The molecule has 0 aliphatic carbocycles. The molecule has 1 heterocycles. The lowest BCUT2D eigenvalue weighted by Crippen LogP contribution is -2.25. The summed E-state index contributed by atoms with van der Waals surface area (Å²) in [6.07, 6.45) is 3.62. The number of nitrogens with zero attached hydrogens (tertiary/aromatic N) is 2. The average molecular weight is 220 g/mol. The number of rotatable bonds is 5. The number of aromatic nitrogens is 1. The monoisotopic (exact) mass is 220 g/mol. The van der Waals surface area contributed by atoms with Crippen molar-refractivity contribution in [2.75, 3.05) is 18.5 Å². The maximum absolute atomic E-state index is 10.6. The van der Waals surface area contributed by atoms with E-state index in [1.807, 2.05) is 20.0 Å². The van der Waals surface area contributed by atoms with Crippen molar-refractivity contribution in [2.24, 2.45) is 5.92 Å². The number of carbonyl (C=O) groups excluding carboxylic acids is 1. The molecule has 0 radical (unpaired) electrons. The van der Waals surface area contributed by atoms with Crippen LogP contribution in [-0.2, 0) is 0 Å². The van der Waals surface area contributed by atoms with Crippen molar-refractivity contribution in [1.29, 1.82) is 0 Å². The van der Waals surface area contributed by atoms with Crippen molar-refractivity contribution in [3.63, 3.8) is 0 Å². The Morgan fingerprint density at radius 3 is 2.75 bits per heavy atom. The van der Waals surface area contributed by atoms with Crippen molar-refractivity contribution in [2.45, 2.75) is 27.2 Å². The van der Waals surface area contributed by atoms with Gasteiger partial charge in [-0.15, -0.1) is 0 Å². The summed E-state index contributed by atoms with van der Waals surface area (Å²) < 4.78 is 0. The molecule has 0 saturated carbocycles. The van der Waals surface area contributed by atoms with Gasteiger partial charge in [0.15, 0.2) is 6.29 Å². The molecule has 16 heavy (non-hydrogen) atoms. The summed E-state index contributed by atoms with van der Waals surface area (Å²) in [6, 6.07) is 1.88. The normalized spacial score (nSPS) is 12.2. The molecule has 3 heteroatoms. The molecule has 0 aromatic carbocycles. The van der Waals surface area contributed by atoms with Gasteiger partial charge in [-0.1, -0.05) is 20.3 Å². The first kappa shape index (κ1) is 12.7. The Hall–Kier alpha value is -1.38. The molecule has 0 spiro atoms. The minimum absolute atomic E-state index is 0.637. The Morgan fingerprint density at radius 1 is 1.56 bits per heavy atom. The largest absolute Gasteiger partial charge is 0.359 e. The van der Waals surface area contributed by atoms with Gasteiger partial charge in [0.2, 0.25) is 0 Å². The van der Waals surface area contributed by atoms with Crippen LogP contribution in [-0.4, -0.2) is 24.9 Å². The van der Waals surface area contributed by atoms with Crippen molar-refractivity contribution < 1.29 is 4.79 Å². The van der Waals surface area contributed by atoms with Crippen LogP contribution in [0.25, 0.3) is 0 Å². The van der Waals surface area contributed by atoms with E-state index in [-0.39, 0.29) is 0 Å². The van der Waals surface area contributed by atoms with Crippen LogP contribution in [0.15, 0.2) is 12.3 Å². The van der Waals surface area contributed by atoms with Crippen molar-refractivity contribution in [3.05, 3.63) is 23.4 Å². The maximum atomic E-state index is 10.6. The number of hydrogen-bond donors (Lipinski definition) is 0. The molecule has 1 unspecified atom stereocenters. The third kappa shape index (κ3) is 3.05. The average Bonchev–Trinajstić information content (AvgIpc) is 2.28. The first-order valence-electron chi connectivity index (χ1n) is 5.71. The van der Waals surface area contributed by atoms with E-state index in [1.54, 1.807) is 6.20 Å². The Labute approximate surface area is 97.5 Å². The highest BCUT2D eigenvalue weighted by Gasteiger charge is 2.09. The lowest BCUT2D eigenvalue weighted by Gasteiger charge is -2.23. The molecule has 0 N–H and O–H groups in total. The van der Waals surface area contributed by atoms with Crippen LogP contribution in [0.2, 0.25) is 0 Å². The Bertz CT molecular complexity index is 363. The summed E-state index contributed by atoms with van der Waals surface area (Å²) in [5, 5.41) is 0. The van der Waals surface area contributed by atoms with E-state index in [4.69, 9.17) is 0 Å². The second-order valence-electron chi connectivity index (χ2n) is 4.42. The Kier molecular flexibility index (Phi) is 4.47. The summed E-state index contributed by atoms with van der Waals surface area (Å²) in [5.74, 6) is 1.61. The summed E-state index contributed by atoms with van der Waals surface area (Å²) in [6.45, 7) is 7.40. The van der Waals surface area contributed by atoms with E-state index in [0.717, 1.165) is 30.6 Å². The molecule has 0 bridgehead atoms. The van der Waals surface area contributed by atoms with Gasteiger partial charge < -0.3 is 4.90 Å². The first-order chi connectivity index (χ1) is 7.58. The molecule has 1 atom stereocenters. The molecule has 0 saturated heterocycles. The molecular formula is C13H20N2O. The molecule has 0 amide bonds. The van der Waals surface area contributed by atoms with Gasteiger partial charge in [0, 0.05) is 25.4 Å². The van der Waals surface area contributed by atoms with Crippen LogP contribution in [0.1, 0.15) is 36.2 Å². The molecule has 1 rings (SSSR count). The second-order valence-corrected chi connectivity index (χ2v) is 4.42. The highest BCUT2D eigenvalue weighted by Crippen LogP contribution is 2.17. The highest BCUT2D eigenvalue weighted by atomic mass is 16.1. The van der Waals surface area contributed by atoms with Gasteiger partial charge in [-0.3, -0.25) is 4.79 Å². The van der Waals surface area contributed by atoms with Crippen LogP contribution in [0, 0.1) is 12.8 Å². The third-order valence-corrected chi connectivity index (χ3v) is 2.85. The minimum Gasteiger partial charge on any atom is -0.359 e. The van der Waals surface area contributed by atoms with E-state index in [2.05, 4.69) is 23.7 Å². The summed E-state index contributed by atoms with van der Waals surface area (Å²) in [4.78, 5) is 17.1. The van der Waals surface area contributed by atoms with E-state index in [0.29, 0.717) is 11.5 Å². The topological polar surface area (TPSA) is 33.2 Å². The van der Waals surface area contributed by atoms with Crippen LogP contribution in [0.3, 0.4) is 0 Å². The van der Waals surface area contributed by atoms with Gasteiger partial charge in [0.25, 0.3) is 0 Å². The zero-order valence-corrected chi connectivity index (χ0v) is 10.5. The molecule has 1 aromatic rings. The van der Waals surface area contributed by atoms with Crippen LogP contribution in [0.4, 0.5) is 5.82 Å². The quantitative estimate of drug-likeness (QED) is 0.715. The summed E-state index contributed by atoms with van der Waals surface area (Å²) in [5.41, 5.74) is 1.69. The lowest BCUT2D eigenvalue weighted by molar-refractivity contribution is 0.112. The summed E-state index contributed by atoms with van der Waals surface area (Å²) in [7, 11) is 2.04. The van der Waals surface area contributed by atoms with Crippen LogP contribution >= 0.6 is 0 Å². The molecule has 88 valence electrons. The zero-order chi connectivity index (χ0) is 12.1. The number of anilines is 1. The molecule has 0 aliphatic heterocycles. The van der Waals surface area contributed by atoms with Crippen molar-refractivity contribution >= 4 is 12.1 Å². The van der Waals surface area contributed by atoms with Crippen LogP contribution in [0.5, 0.6) is 0 Å². The first-order valence-corrected chi connectivity index (χ1v) is 5.71. The molecule has 1 aromatic heterocycles. The van der Waals surface area contributed by atoms with Gasteiger partial charge in [-0.05, 0) is 24.5 Å². The molecule has 0 fully saturated rings. The minimum atomic E-state index is 0.637. The van der Waals surface area contributed by atoms with E-state index in [9.17, 15) is 4.79 Å². The standard InChI is InChI=1S/C13H20N2O/c1-5-10(2)8-15(4)13-11(3)6-12(9-16)7-14-13/h6-7,9-10H,5,8H2,1-4H3. The third-order valence-electron chi connectivity index (χ3n) is 2.85. The smallest absolute Gasteiger partial charge is 0.151 e. The number of pyridine rings is 1. The van der Waals surface area contributed by atoms with Gasteiger partial charge in [-0.25, -0.2) is 4.98 Å². The maximum Gasteiger partial charge on any atom is 0.151 e. The number of hydrogen-bond acceptors (Lipinski definition) is 3. The molecular weight excluding hydrogens is 200 g/mol. The predicted molar refractivity (Wildman–Crippen MR) is 67.1 cm³/mol. The van der Waals surface area contributed by atoms with Gasteiger partial charge in [0.1, 0.15) is 5.82 Å². The second kappa shape index (κ2) is 5.64. The van der Waals surface area contributed by atoms with Crippen molar-refractivity contribution in [3.8, 4) is 0 Å². The predicted octanol–water partition coefficient (Wildman–Crippen LogP) is 2.68. The fourth-order valence-electron chi connectivity index (χ4n) is 1.74. The van der Waals surface area contributed by atoms with E-state index >= 15 is 0 Å². The van der Waals surface area contributed by atoms with Crippen molar-refractivity contribution in [1.82, 2.24) is 4.98 Å².